The lowest BCUT2D eigenvalue weighted by atomic mass is 9.99. The van der Waals surface area contributed by atoms with Crippen molar-refractivity contribution >= 4 is 23.6 Å². The summed E-state index contributed by atoms with van der Waals surface area (Å²) in [6.45, 7) is 3.45. The Bertz CT molecular complexity index is 613. The Morgan fingerprint density at radius 3 is 2.48 bits per heavy atom. The van der Waals surface area contributed by atoms with E-state index in [0.717, 1.165) is 0 Å². The standard InChI is InChI=1S/C15H21N3O5/c1-15(2,7-6-12(19)20)18-14(22)17-10-5-4-9(13(16)21)8-11(10)23-3/h4-5,8H,6-7H2,1-3H3,(H2,16,21)(H,19,20)(H2,17,18,22). The van der Waals surface area contributed by atoms with Gasteiger partial charge in [-0.15, -0.1) is 0 Å². The highest BCUT2D eigenvalue weighted by atomic mass is 16.5. The number of aliphatic carboxylic acids is 1. The Morgan fingerprint density at radius 1 is 1.30 bits per heavy atom. The van der Waals surface area contributed by atoms with Gasteiger partial charge in [0.05, 0.1) is 12.8 Å². The number of hydrogen-bond acceptors (Lipinski definition) is 4. The van der Waals surface area contributed by atoms with Gasteiger partial charge in [-0.25, -0.2) is 4.79 Å². The number of rotatable bonds is 7. The first-order valence-electron chi connectivity index (χ1n) is 6.93. The van der Waals surface area contributed by atoms with Crippen molar-refractivity contribution in [2.75, 3.05) is 12.4 Å². The molecule has 0 aliphatic heterocycles. The van der Waals surface area contributed by atoms with Gasteiger partial charge in [0.1, 0.15) is 5.75 Å². The first-order valence-corrected chi connectivity index (χ1v) is 6.93. The van der Waals surface area contributed by atoms with Crippen molar-refractivity contribution in [1.29, 1.82) is 0 Å². The fourth-order valence-corrected chi connectivity index (χ4v) is 1.89. The second kappa shape index (κ2) is 7.48. The third kappa shape index (κ3) is 5.85. The molecule has 0 saturated carbocycles. The van der Waals surface area contributed by atoms with Crippen LogP contribution in [0.3, 0.4) is 0 Å². The maximum Gasteiger partial charge on any atom is 0.319 e. The molecule has 5 N–H and O–H groups in total. The molecular formula is C15H21N3O5. The second-order valence-electron chi connectivity index (χ2n) is 5.64. The Labute approximate surface area is 134 Å². The number of nitrogens with two attached hydrogens (primary N) is 1. The molecular weight excluding hydrogens is 302 g/mol. The van der Waals surface area contributed by atoms with E-state index in [4.69, 9.17) is 15.6 Å². The highest BCUT2D eigenvalue weighted by Crippen LogP contribution is 2.25. The summed E-state index contributed by atoms with van der Waals surface area (Å²) in [5.41, 5.74) is 5.12. The van der Waals surface area contributed by atoms with Crippen LogP contribution in [-0.2, 0) is 4.79 Å². The zero-order valence-corrected chi connectivity index (χ0v) is 13.3. The van der Waals surface area contributed by atoms with Gasteiger partial charge in [-0.3, -0.25) is 9.59 Å². The number of carbonyl (C=O) groups is 3. The summed E-state index contributed by atoms with van der Waals surface area (Å²) in [4.78, 5) is 33.8. The number of anilines is 1. The molecule has 0 unspecified atom stereocenters. The molecule has 8 heteroatoms. The molecule has 1 aromatic rings. The number of ether oxygens (including phenoxy) is 1. The second-order valence-corrected chi connectivity index (χ2v) is 5.64. The van der Waals surface area contributed by atoms with Crippen LogP contribution >= 0.6 is 0 Å². The predicted octanol–water partition coefficient (Wildman–Crippen LogP) is 1.56. The molecule has 0 radical (unpaired) electrons. The number of nitrogens with one attached hydrogen (secondary N) is 2. The molecule has 0 bridgehead atoms. The van der Waals surface area contributed by atoms with Crippen LogP contribution in [0, 0.1) is 0 Å². The van der Waals surface area contributed by atoms with E-state index in [0.29, 0.717) is 11.4 Å². The largest absolute Gasteiger partial charge is 0.495 e. The van der Waals surface area contributed by atoms with Crippen LogP contribution in [0.25, 0.3) is 0 Å². The van der Waals surface area contributed by atoms with E-state index in [1.807, 2.05) is 0 Å². The normalized spacial score (nSPS) is 10.7. The average Bonchev–Trinajstić information content (AvgIpc) is 2.44. The zero-order chi connectivity index (χ0) is 17.6. The number of amides is 3. The van der Waals surface area contributed by atoms with Crippen LogP contribution in [0.15, 0.2) is 18.2 Å². The summed E-state index contributed by atoms with van der Waals surface area (Å²) < 4.78 is 5.12. The number of carboxylic acids is 1. The Kier molecular flexibility index (Phi) is 5.94. The van der Waals surface area contributed by atoms with Crippen molar-refractivity contribution in [3.05, 3.63) is 23.8 Å². The van der Waals surface area contributed by atoms with Crippen LogP contribution in [-0.4, -0.2) is 35.7 Å². The molecule has 0 saturated heterocycles. The molecule has 3 amide bonds. The van der Waals surface area contributed by atoms with Crippen molar-refractivity contribution in [1.82, 2.24) is 5.32 Å². The van der Waals surface area contributed by atoms with Gasteiger partial charge in [0.2, 0.25) is 5.91 Å². The van der Waals surface area contributed by atoms with E-state index in [-0.39, 0.29) is 18.4 Å². The summed E-state index contributed by atoms with van der Waals surface area (Å²) in [6, 6.07) is 3.89. The van der Waals surface area contributed by atoms with Crippen LogP contribution in [0.1, 0.15) is 37.0 Å². The quantitative estimate of drug-likeness (QED) is 0.605. The lowest BCUT2D eigenvalue weighted by Gasteiger charge is -2.26. The molecule has 0 atom stereocenters. The van der Waals surface area contributed by atoms with Gasteiger partial charge in [-0.05, 0) is 38.5 Å². The fraction of sp³-hybridized carbons (Fsp3) is 0.400. The minimum atomic E-state index is -0.927. The molecule has 1 rings (SSSR count). The van der Waals surface area contributed by atoms with Crippen molar-refractivity contribution in [2.24, 2.45) is 5.73 Å². The van der Waals surface area contributed by atoms with E-state index < -0.39 is 23.4 Å². The van der Waals surface area contributed by atoms with E-state index in [1.54, 1.807) is 13.8 Å². The molecule has 126 valence electrons. The molecule has 0 spiro atoms. The first-order chi connectivity index (χ1) is 10.6. The number of benzene rings is 1. The van der Waals surface area contributed by atoms with Gasteiger partial charge in [-0.2, -0.15) is 0 Å². The van der Waals surface area contributed by atoms with Gasteiger partial charge in [0.25, 0.3) is 0 Å². The zero-order valence-electron chi connectivity index (χ0n) is 13.3. The van der Waals surface area contributed by atoms with Gasteiger partial charge in [0, 0.05) is 17.5 Å². The predicted molar refractivity (Wildman–Crippen MR) is 84.6 cm³/mol. The van der Waals surface area contributed by atoms with Crippen molar-refractivity contribution in [3.8, 4) is 5.75 Å². The van der Waals surface area contributed by atoms with E-state index in [1.165, 1.54) is 25.3 Å². The summed E-state index contributed by atoms with van der Waals surface area (Å²) in [6.07, 6.45) is 0.234. The molecule has 0 aromatic heterocycles. The topological polar surface area (TPSA) is 131 Å². The molecule has 8 nitrogen and oxygen atoms in total. The summed E-state index contributed by atoms with van der Waals surface area (Å²) in [7, 11) is 1.40. The Balaban J connectivity index is 2.77. The third-order valence-electron chi connectivity index (χ3n) is 3.15. The summed E-state index contributed by atoms with van der Waals surface area (Å²) >= 11 is 0. The minimum absolute atomic E-state index is 0.0517. The number of carboxylic acid groups (broad SMARTS) is 1. The highest BCUT2D eigenvalue weighted by Gasteiger charge is 2.22. The maximum atomic E-state index is 12.0. The van der Waals surface area contributed by atoms with E-state index >= 15 is 0 Å². The monoisotopic (exact) mass is 323 g/mol. The summed E-state index contributed by atoms with van der Waals surface area (Å²) in [5, 5.41) is 14.0. The molecule has 1 aromatic carbocycles. The molecule has 0 heterocycles. The molecule has 0 aliphatic rings. The lowest BCUT2D eigenvalue weighted by Crippen LogP contribution is -2.45. The SMILES string of the molecule is COc1cc(C(N)=O)ccc1NC(=O)NC(C)(C)CCC(=O)O. The van der Waals surface area contributed by atoms with Gasteiger partial charge >= 0.3 is 12.0 Å². The molecule has 0 aliphatic carbocycles. The van der Waals surface area contributed by atoms with E-state index in [2.05, 4.69) is 10.6 Å². The van der Waals surface area contributed by atoms with Crippen LogP contribution in [0.5, 0.6) is 5.75 Å². The average molecular weight is 323 g/mol. The number of primary amides is 1. The van der Waals surface area contributed by atoms with E-state index in [9.17, 15) is 14.4 Å². The first kappa shape index (κ1) is 18.3. The smallest absolute Gasteiger partial charge is 0.319 e. The number of urea groups is 1. The molecule has 0 fully saturated rings. The Morgan fingerprint density at radius 2 is 1.96 bits per heavy atom. The van der Waals surface area contributed by atoms with Gasteiger partial charge < -0.3 is 26.2 Å². The minimum Gasteiger partial charge on any atom is -0.495 e. The fourth-order valence-electron chi connectivity index (χ4n) is 1.89. The van der Waals surface area contributed by atoms with Crippen molar-refractivity contribution in [2.45, 2.75) is 32.2 Å². The van der Waals surface area contributed by atoms with Crippen LogP contribution in [0.2, 0.25) is 0 Å². The van der Waals surface area contributed by atoms with Gasteiger partial charge in [-0.1, -0.05) is 0 Å². The van der Waals surface area contributed by atoms with Gasteiger partial charge in [0.15, 0.2) is 0 Å². The van der Waals surface area contributed by atoms with Crippen molar-refractivity contribution < 1.29 is 24.2 Å². The third-order valence-corrected chi connectivity index (χ3v) is 3.15. The molecule has 23 heavy (non-hydrogen) atoms. The Hall–Kier alpha value is -2.77. The lowest BCUT2D eigenvalue weighted by molar-refractivity contribution is -0.137. The number of methoxy groups -OCH3 is 1. The van der Waals surface area contributed by atoms with Crippen LogP contribution < -0.4 is 21.1 Å². The number of carbonyl (C=O) groups excluding carboxylic acids is 2. The number of hydrogen-bond donors (Lipinski definition) is 4. The van der Waals surface area contributed by atoms with Crippen LogP contribution in [0.4, 0.5) is 10.5 Å². The van der Waals surface area contributed by atoms with Crippen molar-refractivity contribution in [3.63, 3.8) is 0 Å². The summed E-state index contributed by atoms with van der Waals surface area (Å²) in [5.74, 6) is -1.24. The maximum absolute atomic E-state index is 12.0. The highest BCUT2D eigenvalue weighted by molar-refractivity contribution is 5.96.